The molecule has 0 atom stereocenters. The van der Waals surface area contributed by atoms with Crippen molar-refractivity contribution in [2.45, 2.75) is 13.8 Å². The lowest BCUT2D eigenvalue weighted by Gasteiger charge is -2.07. The van der Waals surface area contributed by atoms with Crippen LogP contribution in [-0.2, 0) is 0 Å². The lowest BCUT2D eigenvalue weighted by atomic mass is 10.2. The van der Waals surface area contributed by atoms with Gasteiger partial charge in [0.2, 0.25) is 0 Å². The SMILES string of the molecule is CC(C)=NNC(=O)c1ccsc1NC(=O)c1cc([N+](=O)[O-])ccc1Cl. The van der Waals surface area contributed by atoms with Crippen LogP contribution in [0.3, 0.4) is 0 Å². The van der Waals surface area contributed by atoms with E-state index in [1.807, 2.05) is 0 Å². The Balaban J connectivity index is 2.24. The molecule has 0 spiro atoms. The number of nitro benzene ring substituents is 1. The van der Waals surface area contributed by atoms with Gasteiger partial charge in [0, 0.05) is 17.8 Å². The Morgan fingerprint density at radius 1 is 1.20 bits per heavy atom. The Kier molecular flexibility index (Phi) is 5.84. The molecule has 0 saturated carbocycles. The molecule has 1 heterocycles. The monoisotopic (exact) mass is 380 g/mol. The molecule has 1 aromatic carbocycles. The highest BCUT2D eigenvalue weighted by Crippen LogP contribution is 2.27. The third kappa shape index (κ3) is 4.61. The summed E-state index contributed by atoms with van der Waals surface area (Å²) < 4.78 is 0. The summed E-state index contributed by atoms with van der Waals surface area (Å²) in [5.41, 5.74) is 2.94. The Bertz CT molecular complexity index is 874. The van der Waals surface area contributed by atoms with Gasteiger partial charge in [0.1, 0.15) is 5.00 Å². The number of anilines is 1. The average Bonchev–Trinajstić information content (AvgIpc) is 3.00. The van der Waals surface area contributed by atoms with E-state index >= 15 is 0 Å². The summed E-state index contributed by atoms with van der Waals surface area (Å²) in [4.78, 5) is 34.7. The first-order chi connectivity index (χ1) is 11.8. The standard InChI is InChI=1S/C15H13ClN4O4S/c1-8(2)18-19-14(22)10-5-6-25-15(10)17-13(21)11-7-9(20(23)24)3-4-12(11)16/h3-7H,1-2H3,(H,17,21)(H,19,22). The maximum atomic E-state index is 12.4. The number of non-ortho nitro benzene ring substituents is 1. The molecule has 2 N–H and O–H groups in total. The second-order valence-electron chi connectivity index (χ2n) is 5.04. The zero-order valence-electron chi connectivity index (χ0n) is 13.2. The molecule has 8 nitrogen and oxygen atoms in total. The van der Waals surface area contributed by atoms with E-state index in [0.29, 0.717) is 5.71 Å². The van der Waals surface area contributed by atoms with Crippen LogP contribution in [0.5, 0.6) is 0 Å². The quantitative estimate of drug-likeness (QED) is 0.467. The molecule has 0 bridgehead atoms. The fourth-order valence-electron chi connectivity index (χ4n) is 1.78. The first kappa shape index (κ1) is 18.6. The van der Waals surface area contributed by atoms with Crippen molar-refractivity contribution in [3.8, 4) is 0 Å². The van der Waals surface area contributed by atoms with E-state index in [4.69, 9.17) is 11.6 Å². The van der Waals surface area contributed by atoms with E-state index in [1.165, 1.54) is 18.2 Å². The van der Waals surface area contributed by atoms with E-state index < -0.39 is 16.7 Å². The molecule has 0 aliphatic heterocycles. The van der Waals surface area contributed by atoms with E-state index in [2.05, 4.69) is 15.8 Å². The third-order valence-corrected chi connectivity index (χ3v) is 4.08. The summed E-state index contributed by atoms with van der Waals surface area (Å²) >= 11 is 7.08. The predicted molar refractivity (Wildman–Crippen MR) is 96.6 cm³/mol. The van der Waals surface area contributed by atoms with Crippen LogP contribution < -0.4 is 10.7 Å². The van der Waals surface area contributed by atoms with Gasteiger partial charge in [-0.05, 0) is 31.4 Å². The van der Waals surface area contributed by atoms with Crippen LogP contribution in [0.4, 0.5) is 10.7 Å². The molecule has 2 rings (SSSR count). The highest BCUT2D eigenvalue weighted by atomic mass is 35.5. The minimum Gasteiger partial charge on any atom is -0.313 e. The number of hydrazone groups is 1. The van der Waals surface area contributed by atoms with E-state index in [9.17, 15) is 19.7 Å². The third-order valence-electron chi connectivity index (χ3n) is 2.92. The lowest BCUT2D eigenvalue weighted by Crippen LogP contribution is -2.20. The fourth-order valence-corrected chi connectivity index (χ4v) is 2.76. The second-order valence-corrected chi connectivity index (χ2v) is 6.36. The molecule has 2 amide bonds. The molecule has 0 aliphatic rings. The summed E-state index contributed by atoms with van der Waals surface area (Å²) in [6, 6.07) is 5.09. The molecule has 0 radical (unpaired) electrons. The number of carbonyl (C=O) groups excluding carboxylic acids is 2. The molecular weight excluding hydrogens is 368 g/mol. The minimum atomic E-state index is -0.652. The number of nitro groups is 1. The highest BCUT2D eigenvalue weighted by molar-refractivity contribution is 7.14. The first-order valence-corrected chi connectivity index (χ1v) is 8.19. The Morgan fingerprint density at radius 2 is 1.92 bits per heavy atom. The zero-order valence-corrected chi connectivity index (χ0v) is 14.8. The summed E-state index contributed by atoms with van der Waals surface area (Å²) in [5.74, 6) is -1.14. The summed E-state index contributed by atoms with van der Waals surface area (Å²) in [6.07, 6.45) is 0. The van der Waals surface area contributed by atoms with Gasteiger partial charge in [-0.2, -0.15) is 5.10 Å². The Morgan fingerprint density at radius 3 is 2.56 bits per heavy atom. The van der Waals surface area contributed by atoms with E-state index in [-0.39, 0.29) is 26.8 Å². The fraction of sp³-hybridized carbons (Fsp3) is 0.133. The van der Waals surface area contributed by atoms with E-state index in [0.717, 1.165) is 17.4 Å². The maximum absolute atomic E-state index is 12.4. The largest absolute Gasteiger partial charge is 0.313 e. The summed E-state index contributed by atoms with van der Waals surface area (Å²) in [7, 11) is 0. The van der Waals surface area contributed by atoms with Gasteiger partial charge in [0.25, 0.3) is 17.5 Å². The molecule has 10 heteroatoms. The van der Waals surface area contributed by atoms with Crippen LogP contribution >= 0.6 is 22.9 Å². The number of hydrogen-bond acceptors (Lipinski definition) is 6. The smallest absolute Gasteiger partial charge is 0.274 e. The van der Waals surface area contributed by atoms with Crippen LogP contribution in [-0.4, -0.2) is 22.4 Å². The Labute approximate surface area is 151 Å². The lowest BCUT2D eigenvalue weighted by molar-refractivity contribution is -0.384. The molecule has 0 fully saturated rings. The number of hydrogen-bond donors (Lipinski definition) is 2. The molecule has 0 aliphatic carbocycles. The van der Waals surface area contributed by atoms with Crippen LogP contribution in [0.25, 0.3) is 0 Å². The van der Waals surface area contributed by atoms with Gasteiger partial charge in [-0.25, -0.2) is 5.43 Å². The molecule has 1 aromatic heterocycles. The average molecular weight is 381 g/mol. The number of nitrogens with zero attached hydrogens (tertiary/aromatic N) is 2. The minimum absolute atomic E-state index is 0.0574. The van der Waals surface area contributed by atoms with Crippen LogP contribution in [0.15, 0.2) is 34.7 Å². The van der Waals surface area contributed by atoms with Gasteiger partial charge in [0.15, 0.2) is 0 Å². The van der Waals surface area contributed by atoms with Gasteiger partial charge < -0.3 is 5.32 Å². The van der Waals surface area contributed by atoms with Crippen molar-refractivity contribution < 1.29 is 14.5 Å². The maximum Gasteiger partial charge on any atom is 0.274 e. The van der Waals surface area contributed by atoms with Crippen molar-refractivity contribution in [1.82, 2.24) is 5.43 Å². The van der Waals surface area contributed by atoms with Crippen molar-refractivity contribution in [2.75, 3.05) is 5.32 Å². The van der Waals surface area contributed by atoms with Crippen molar-refractivity contribution in [2.24, 2.45) is 5.10 Å². The van der Waals surface area contributed by atoms with Gasteiger partial charge in [0.05, 0.1) is 21.1 Å². The molecule has 0 saturated heterocycles. The van der Waals surface area contributed by atoms with Gasteiger partial charge in [-0.1, -0.05) is 11.6 Å². The van der Waals surface area contributed by atoms with Crippen molar-refractivity contribution in [3.63, 3.8) is 0 Å². The predicted octanol–water partition coefficient (Wildman–Crippen LogP) is 3.69. The van der Waals surface area contributed by atoms with Gasteiger partial charge >= 0.3 is 0 Å². The van der Waals surface area contributed by atoms with E-state index in [1.54, 1.807) is 19.2 Å². The molecule has 130 valence electrons. The summed E-state index contributed by atoms with van der Waals surface area (Å²) in [5, 5.41) is 19.2. The van der Waals surface area contributed by atoms with Crippen LogP contribution in [0.2, 0.25) is 5.02 Å². The molecule has 25 heavy (non-hydrogen) atoms. The number of nitrogens with one attached hydrogen (secondary N) is 2. The first-order valence-electron chi connectivity index (χ1n) is 6.93. The van der Waals surface area contributed by atoms with Crippen LogP contribution in [0, 0.1) is 10.1 Å². The van der Waals surface area contributed by atoms with Gasteiger partial charge in [-0.15, -0.1) is 11.3 Å². The van der Waals surface area contributed by atoms with Crippen LogP contribution in [0.1, 0.15) is 34.6 Å². The normalized spacial score (nSPS) is 10.0. The number of amides is 2. The summed E-state index contributed by atoms with van der Waals surface area (Å²) in [6.45, 7) is 3.45. The van der Waals surface area contributed by atoms with Gasteiger partial charge in [-0.3, -0.25) is 19.7 Å². The molecule has 2 aromatic rings. The topological polar surface area (TPSA) is 114 Å². The van der Waals surface area contributed by atoms with Crippen molar-refractivity contribution in [3.05, 3.63) is 55.9 Å². The van der Waals surface area contributed by atoms with Crippen molar-refractivity contribution in [1.29, 1.82) is 0 Å². The molecule has 0 unspecified atom stereocenters. The number of rotatable bonds is 5. The molecular formula is C15H13ClN4O4S. The zero-order chi connectivity index (χ0) is 18.6. The number of halogens is 1. The number of carbonyl (C=O) groups is 2. The highest BCUT2D eigenvalue weighted by Gasteiger charge is 2.19. The Hall–Kier alpha value is -2.78. The number of benzene rings is 1. The van der Waals surface area contributed by atoms with Crippen molar-refractivity contribution >= 4 is 51.2 Å². The number of thiophene rings is 1. The second kappa shape index (κ2) is 7.86.